The van der Waals surface area contributed by atoms with Gasteiger partial charge in [-0.15, -0.1) is 0 Å². The third kappa shape index (κ3) is 3.09. The summed E-state index contributed by atoms with van der Waals surface area (Å²) in [5, 5.41) is 12.1. The number of nitrogens with zero attached hydrogens (tertiary/aromatic N) is 2. The molecule has 0 saturated heterocycles. The van der Waals surface area contributed by atoms with Crippen molar-refractivity contribution in [2.45, 2.75) is 6.04 Å². The Morgan fingerprint density at radius 3 is 2.74 bits per heavy atom. The zero-order valence-corrected chi connectivity index (χ0v) is 10.6. The second kappa shape index (κ2) is 5.98. The topological polar surface area (TPSA) is 65.8 Å². The minimum Gasteiger partial charge on any atom is -0.332 e. The van der Waals surface area contributed by atoms with Crippen LogP contribution in [0.25, 0.3) is 0 Å². The summed E-state index contributed by atoms with van der Waals surface area (Å²) in [6, 6.07) is 11.4. The van der Waals surface area contributed by atoms with Crippen LogP contribution < -0.4 is 5.32 Å². The molecule has 0 aliphatic carbocycles. The number of nitrogens with one attached hydrogen (secondary N) is 1. The van der Waals surface area contributed by atoms with Crippen molar-refractivity contribution in [2.24, 2.45) is 0 Å². The van der Waals surface area contributed by atoms with Gasteiger partial charge in [0.2, 0.25) is 0 Å². The maximum Gasteiger partial charge on any atom is 0.254 e. The summed E-state index contributed by atoms with van der Waals surface area (Å²) in [7, 11) is 0. The average Bonchev–Trinajstić information content (AvgIpc) is 2.46. The Labute approximate surface area is 115 Å². The van der Waals surface area contributed by atoms with Crippen LogP contribution in [0.3, 0.4) is 0 Å². The summed E-state index contributed by atoms with van der Waals surface area (Å²) in [5.41, 5.74) is 0.971. The second-order valence-corrected chi connectivity index (χ2v) is 4.21. The molecule has 1 atom stereocenters. The Morgan fingerprint density at radius 1 is 1.32 bits per heavy atom. The fourth-order valence-corrected chi connectivity index (χ4v) is 1.81. The lowest BCUT2D eigenvalue weighted by Crippen LogP contribution is -2.27. The highest BCUT2D eigenvalue weighted by molar-refractivity contribution is 6.33. The van der Waals surface area contributed by atoms with Gasteiger partial charge in [-0.25, -0.2) is 0 Å². The quantitative estimate of drug-likeness (QED) is 0.933. The van der Waals surface area contributed by atoms with Gasteiger partial charge in [-0.05, 0) is 18.2 Å². The number of carbonyl (C=O) groups is 1. The Morgan fingerprint density at radius 2 is 2.11 bits per heavy atom. The monoisotopic (exact) mass is 271 g/mol. The van der Waals surface area contributed by atoms with Crippen LogP contribution in [-0.2, 0) is 0 Å². The molecule has 2 rings (SSSR count). The molecule has 0 radical (unpaired) electrons. The van der Waals surface area contributed by atoms with E-state index in [1.165, 1.54) is 0 Å². The highest BCUT2D eigenvalue weighted by Crippen LogP contribution is 2.17. The third-order valence-electron chi connectivity index (χ3n) is 2.54. The van der Waals surface area contributed by atoms with Gasteiger partial charge in [-0.1, -0.05) is 29.8 Å². The number of halogens is 1. The van der Waals surface area contributed by atoms with Gasteiger partial charge in [0.05, 0.1) is 16.7 Å². The zero-order chi connectivity index (χ0) is 13.7. The van der Waals surface area contributed by atoms with Crippen molar-refractivity contribution in [1.29, 1.82) is 5.26 Å². The van der Waals surface area contributed by atoms with Crippen molar-refractivity contribution in [3.63, 3.8) is 0 Å². The van der Waals surface area contributed by atoms with Crippen molar-refractivity contribution in [2.75, 3.05) is 0 Å². The standard InChI is InChI=1S/C14H10ClN3O/c15-12-6-2-1-5-11(12)14(19)18-13(8-16)10-4-3-7-17-9-10/h1-7,9,13H,(H,18,19). The molecule has 19 heavy (non-hydrogen) atoms. The van der Waals surface area contributed by atoms with Gasteiger partial charge in [-0.2, -0.15) is 5.26 Å². The number of carbonyl (C=O) groups excluding carboxylic acids is 1. The molecular weight excluding hydrogens is 262 g/mol. The first-order chi connectivity index (χ1) is 9.22. The first-order valence-corrected chi connectivity index (χ1v) is 5.95. The highest BCUT2D eigenvalue weighted by atomic mass is 35.5. The van der Waals surface area contributed by atoms with Crippen molar-refractivity contribution < 1.29 is 4.79 Å². The van der Waals surface area contributed by atoms with Gasteiger partial charge in [0.25, 0.3) is 5.91 Å². The first-order valence-electron chi connectivity index (χ1n) is 5.57. The van der Waals surface area contributed by atoms with E-state index >= 15 is 0 Å². The predicted molar refractivity (Wildman–Crippen MR) is 71.5 cm³/mol. The van der Waals surface area contributed by atoms with E-state index < -0.39 is 6.04 Å². The number of aromatic nitrogens is 1. The van der Waals surface area contributed by atoms with E-state index in [1.54, 1.807) is 48.8 Å². The summed E-state index contributed by atoms with van der Waals surface area (Å²) >= 11 is 5.94. The van der Waals surface area contributed by atoms with E-state index in [4.69, 9.17) is 16.9 Å². The summed E-state index contributed by atoms with van der Waals surface area (Å²) in [4.78, 5) is 16.0. The summed E-state index contributed by atoms with van der Waals surface area (Å²) in [6.07, 6.45) is 3.15. The second-order valence-electron chi connectivity index (χ2n) is 3.80. The highest BCUT2D eigenvalue weighted by Gasteiger charge is 2.16. The number of pyridine rings is 1. The fourth-order valence-electron chi connectivity index (χ4n) is 1.59. The van der Waals surface area contributed by atoms with Crippen molar-refractivity contribution in [1.82, 2.24) is 10.3 Å². The molecule has 0 saturated carbocycles. The Bertz CT molecular complexity index is 622. The normalized spacial score (nSPS) is 11.4. The Balaban J connectivity index is 2.19. The molecule has 2 aromatic rings. The molecule has 0 spiro atoms. The minimum absolute atomic E-state index is 0.341. The lowest BCUT2D eigenvalue weighted by Gasteiger charge is -2.12. The number of hydrogen-bond acceptors (Lipinski definition) is 3. The number of amides is 1. The molecule has 94 valence electrons. The summed E-state index contributed by atoms with van der Waals surface area (Å²) in [5.74, 6) is -0.388. The smallest absolute Gasteiger partial charge is 0.254 e. The van der Waals surface area contributed by atoms with Crippen LogP contribution in [0, 0.1) is 11.3 Å². The maximum atomic E-state index is 12.0. The third-order valence-corrected chi connectivity index (χ3v) is 2.87. The lowest BCUT2D eigenvalue weighted by molar-refractivity contribution is 0.0945. The van der Waals surface area contributed by atoms with Gasteiger partial charge in [0.1, 0.15) is 6.04 Å². The molecule has 0 aliphatic rings. The van der Waals surface area contributed by atoms with E-state index in [9.17, 15) is 4.79 Å². The SMILES string of the molecule is N#CC(NC(=O)c1ccccc1Cl)c1cccnc1. The first kappa shape index (κ1) is 13.1. The van der Waals surface area contributed by atoms with E-state index in [0.29, 0.717) is 16.1 Å². The van der Waals surface area contributed by atoms with Gasteiger partial charge in [0.15, 0.2) is 0 Å². The summed E-state index contributed by atoms with van der Waals surface area (Å²) in [6.45, 7) is 0. The Hall–Kier alpha value is -2.38. The van der Waals surface area contributed by atoms with Crippen LogP contribution in [0.2, 0.25) is 5.02 Å². The molecule has 1 amide bonds. The van der Waals surface area contributed by atoms with Crippen LogP contribution in [0.15, 0.2) is 48.8 Å². The lowest BCUT2D eigenvalue weighted by atomic mass is 10.1. The minimum atomic E-state index is -0.752. The van der Waals surface area contributed by atoms with E-state index in [1.807, 2.05) is 6.07 Å². The number of hydrogen-bond donors (Lipinski definition) is 1. The van der Waals surface area contributed by atoms with Gasteiger partial charge >= 0.3 is 0 Å². The predicted octanol–water partition coefficient (Wildman–Crippen LogP) is 2.73. The molecule has 1 aromatic heterocycles. The van der Waals surface area contributed by atoms with Crippen LogP contribution in [0.1, 0.15) is 22.0 Å². The molecule has 1 heterocycles. The van der Waals surface area contributed by atoms with Crippen LogP contribution >= 0.6 is 11.6 Å². The summed E-state index contributed by atoms with van der Waals surface area (Å²) < 4.78 is 0. The maximum absolute atomic E-state index is 12.0. The average molecular weight is 272 g/mol. The van der Waals surface area contributed by atoms with Gasteiger partial charge in [-0.3, -0.25) is 9.78 Å². The van der Waals surface area contributed by atoms with Gasteiger partial charge < -0.3 is 5.32 Å². The van der Waals surface area contributed by atoms with Crippen molar-refractivity contribution >= 4 is 17.5 Å². The molecule has 1 aromatic carbocycles. The number of rotatable bonds is 3. The van der Waals surface area contributed by atoms with Crippen molar-refractivity contribution in [3.8, 4) is 6.07 Å². The Kier molecular flexibility index (Phi) is 4.11. The largest absolute Gasteiger partial charge is 0.332 e. The molecule has 1 N–H and O–H groups in total. The number of nitriles is 1. The number of benzene rings is 1. The fraction of sp³-hybridized carbons (Fsp3) is 0.0714. The van der Waals surface area contributed by atoms with E-state index in [0.717, 1.165) is 0 Å². The van der Waals surface area contributed by atoms with Crippen LogP contribution in [0.5, 0.6) is 0 Å². The van der Waals surface area contributed by atoms with E-state index in [2.05, 4.69) is 10.3 Å². The molecule has 1 unspecified atom stereocenters. The molecule has 4 nitrogen and oxygen atoms in total. The van der Waals surface area contributed by atoms with Crippen molar-refractivity contribution in [3.05, 3.63) is 64.9 Å². The molecule has 0 aliphatic heterocycles. The molecular formula is C14H10ClN3O. The zero-order valence-electron chi connectivity index (χ0n) is 9.88. The molecule has 5 heteroatoms. The molecule has 0 fully saturated rings. The van der Waals surface area contributed by atoms with Gasteiger partial charge in [0, 0.05) is 18.0 Å². The van der Waals surface area contributed by atoms with E-state index in [-0.39, 0.29) is 5.91 Å². The van der Waals surface area contributed by atoms with Crippen LogP contribution in [0.4, 0.5) is 0 Å². The molecule has 0 bridgehead atoms. The van der Waals surface area contributed by atoms with Crippen LogP contribution in [-0.4, -0.2) is 10.9 Å².